The van der Waals surface area contributed by atoms with Crippen LogP contribution in [-0.2, 0) is 28.6 Å². The van der Waals surface area contributed by atoms with Gasteiger partial charge in [0.2, 0.25) is 0 Å². The topological polar surface area (TPSA) is 103 Å². The first-order chi connectivity index (χ1) is 33.1. The number of carbonyl (C=O) groups is 3. The number of esters is 3. The summed E-state index contributed by atoms with van der Waals surface area (Å²) in [5.74, 6) is 0.0386. The monoisotopic (exact) mass is 1390 g/mol. The summed E-state index contributed by atoms with van der Waals surface area (Å²) in [6.45, 7) is 19.1. The Morgan fingerprint density at radius 1 is 0.542 bits per heavy atom. The number of hydrogen-bond donors (Lipinski definition) is 0. The van der Waals surface area contributed by atoms with Gasteiger partial charge in [0, 0.05) is 17.8 Å². The van der Waals surface area contributed by atoms with Crippen LogP contribution in [0.3, 0.4) is 0 Å². The summed E-state index contributed by atoms with van der Waals surface area (Å²) in [6, 6.07) is 32.1. The van der Waals surface area contributed by atoms with Crippen molar-refractivity contribution in [1.82, 2.24) is 0 Å². The third-order valence-electron chi connectivity index (χ3n) is 11.0. The van der Waals surface area contributed by atoms with Gasteiger partial charge in [-0.15, -0.1) is 0 Å². The molecule has 0 heterocycles. The zero-order valence-corrected chi connectivity index (χ0v) is 51.8. The number of halogens is 6. The van der Waals surface area contributed by atoms with E-state index in [9.17, 15) is 14.4 Å². The van der Waals surface area contributed by atoms with Gasteiger partial charge in [-0.1, -0.05) is 315 Å². The van der Waals surface area contributed by atoms with E-state index in [-0.39, 0.29) is 52.5 Å². The Balaban J connectivity index is -0.000000327. The van der Waals surface area contributed by atoms with Gasteiger partial charge in [-0.05, 0) is 66.5 Å². The second-order valence-electron chi connectivity index (χ2n) is 16.5. The van der Waals surface area contributed by atoms with Crippen molar-refractivity contribution < 1.29 is 28.6 Å². The van der Waals surface area contributed by atoms with Crippen LogP contribution in [0.15, 0.2) is 104 Å². The molecule has 0 bridgehead atoms. The van der Waals surface area contributed by atoms with Crippen molar-refractivity contribution in [1.29, 1.82) is 5.26 Å². The molecule has 0 aromatic heterocycles. The van der Waals surface area contributed by atoms with Crippen LogP contribution in [0, 0.1) is 35.0 Å². The predicted octanol–water partition coefficient (Wildman–Crippen LogP) is 21.1. The molecule has 0 spiro atoms. The standard InChI is InChI=1S/C29H46Br2O4.C11H20O2.2C7H6Br2.C2H3N.3CH4/c1-5-9-14-22(7-3)20-34-28(32)25(18-26(30)24-16-12-11-13-17-24)19-27(31)29(33)35-21-23(8-4)15-10-6-2;1-4-7-8-10(5-2)9-13-11(12)6-3;2*8-7(9)6-4-2-1-3-5-6;1-2-3;;;/h11-13,16-17,22-23,25-27H,5-10,14-15,18-21H2,1-4H3;6,10H,3-5,7-9H2,1-2H3;2*1-5,7H;1H3;3*1H4. The van der Waals surface area contributed by atoms with Gasteiger partial charge in [0.05, 0.1) is 39.3 Å². The molecule has 0 aliphatic heterocycles. The summed E-state index contributed by atoms with van der Waals surface area (Å²) in [6.07, 6.45) is 15.4. The van der Waals surface area contributed by atoms with Gasteiger partial charge in [0.1, 0.15) is 4.83 Å². The lowest BCUT2D eigenvalue weighted by molar-refractivity contribution is -0.151. The van der Waals surface area contributed by atoms with Crippen molar-refractivity contribution in [2.24, 2.45) is 23.7 Å². The number of rotatable bonds is 28. The van der Waals surface area contributed by atoms with Crippen molar-refractivity contribution in [3.63, 3.8) is 0 Å². The Bertz CT molecular complexity index is 1690. The molecule has 0 radical (unpaired) electrons. The average molecular weight is 1390 g/mol. The number of ether oxygens (including phenoxy) is 3. The Kier molecular flexibility index (Phi) is 59.3. The number of nitriles is 1. The van der Waals surface area contributed by atoms with Crippen LogP contribution in [0.1, 0.15) is 190 Å². The summed E-state index contributed by atoms with van der Waals surface area (Å²) in [4.78, 5) is 36.1. The summed E-state index contributed by atoms with van der Waals surface area (Å²) in [7, 11) is 0. The second-order valence-corrected chi connectivity index (χ2v) is 24.8. The van der Waals surface area contributed by atoms with Gasteiger partial charge in [0.15, 0.2) is 0 Å². The maximum Gasteiger partial charge on any atom is 0.330 e. The molecule has 7 nitrogen and oxygen atoms in total. The maximum atomic E-state index is 13.2. The largest absolute Gasteiger partial charge is 0.465 e. The van der Waals surface area contributed by atoms with E-state index in [1.807, 2.05) is 66.7 Å². The van der Waals surface area contributed by atoms with E-state index in [2.05, 4.69) is 168 Å². The van der Waals surface area contributed by atoms with Crippen LogP contribution >= 0.6 is 95.6 Å². The number of nitrogens with zero attached hydrogens (tertiary/aromatic N) is 1. The predicted molar refractivity (Wildman–Crippen MR) is 332 cm³/mol. The average Bonchev–Trinajstić information content (AvgIpc) is 3.37. The van der Waals surface area contributed by atoms with Gasteiger partial charge < -0.3 is 14.2 Å². The highest BCUT2D eigenvalue weighted by Crippen LogP contribution is 2.34. The zero-order valence-electron chi connectivity index (χ0n) is 42.2. The molecule has 0 saturated heterocycles. The molecule has 0 fully saturated rings. The fraction of sp³-hybridized carbons (Fsp3) is 0.593. The molecule has 3 aromatic carbocycles. The van der Waals surface area contributed by atoms with Gasteiger partial charge >= 0.3 is 17.9 Å². The van der Waals surface area contributed by atoms with Crippen LogP contribution < -0.4 is 0 Å². The normalized spacial score (nSPS) is 12.4. The minimum absolute atomic E-state index is 0. The van der Waals surface area contributed by atoms with Crippen LogP contribution in [0.5, 0.6) is 0 Å². The molecule has 412 valence electrons. The van der Waals surface area contributed by atoms with E-state index < -0.39 is 10.7 Å². The molecule has 6 unspecified atom stereocenters. The van der Waals surface area contributed by atoms with Gasteiger partial charge in [-0.25, -0.2) is 4.79 Å². The quantitative estimate of drug-likeness (QED) is 0.0309. The molecular formula is C59H93Br6NO6. The molecule has 6 atom stereocenters. The Labute approximate surface area is 490 Å². The van der Waals surface area contributed by atoms with Crippen LogP contribution in [0.2, 0.25) is 0 Å². The van der Waals surface area contributed by atoms with E-state index in [0.29, 0.717) is 50.4 Å². The van der Waals surface area contributed by atoms with Crippen LogP contribution in [0.25, 0.3) is 0 Å². The first kappa shape index (κ1) is 79.1. The molecule has 0 aliphatic carbocycles. The summed E-state index contributed by atoms with van der Waals surface area (Å²) >= 11 is 20.9. The third kappa shape index (κ3) is 42.4. The third-order valence-corrected chi connectivity index (χ3v) is 14.8. The van der Waals surface area contributed by atoms with Crippen LogP contribution in [-0.4, -0.2) is 42.6 Å². The zero-order chi connectivity index (χ0) is 52.2. The van der Waals surface area contributed by atoms with Crippen molar-refractivity contribution in [2.75, 3.05) is 19.8 Å². The van der Waals surface area contributed by atoms with Crippen molar-refractivity contribution in [3.8, 4) is 6.07 Å². The van der Waals surface area contributed by atoms with E-state index in [1.54, 1.807) is 6.07 Å². The highest BCUT2D eigenvalue weighted by Gasteiger charge is 2.31. The first-order valence-corrected chi connectivity index (χ1v) is 30.0. The van der Waals surface area contributed by atoms with Crippen molar-refractivity contribution >= 4 is 113 Å². The van der Waals surface area contributed by atoms with Crippen LogP contribution in [0.4, 0.5) is 0 Å². The minimum Gasteiger partial charge on any atom is -0.465 e. The molecule has 0 aliphatic rings. The number of benzene rings is 3. The van der Waals surface area contributed by atoms with E-state index in [0.717, 1.165) is 69.8 Å². The highest BCUT2D eigenvalue weighted by atomic mass is 79.9. The molecule has 0 N–H and O–H groups in total. The summed E-state index contributed by atoms with van der Waals surface area (Å²) in [5, 5.41) is 7.32. The maximum absolute atomic E-state index is 13.2. The first-order valence-electron chi connectivity index (χ1n) is 24.5. The molecule has 0 saturated carbocycles. The Morgan fingerprint density at radius 3 is 1.15 bits per heavy atom. The number of hydrogen-bond acceptors (Lipinski definition) is 7. The van der Waals surface area contributed by atoms with Crippen molar-refractivity contribution in [2.45, 2.75) is 178 Å². The molecule has 3 aromatic rings. The molecular weight excluding hydrogens is 1300 g/mol. The van der Waals surface area contributed by atoms with E-state index >= 15 is 0 Å². The molecule has 3 rings (SSSR count). The SMILES string of the molecule is BrC(Br)c1ccccc1.BrC(Br)c1ccccc1.C.C.C.C=CC(=O)OCC(CC)CCCC.CC#N.CCCCC(CC)COC(=O)C(Br)CC(CC(Br)c1ccccc1)C(=O)OCC(CC)CCCC. The summed E-state index contributed by atoms with van der Waals surface area (Å²) in [5.41, 5.74) is 3.60. The van der Waals surface area contributed by atoms with Gasteiger partial charge in [-0.2, -0.15) is 5.26 Å². The molecule has 13 heteroatoms. The minimum atomic E-state index is -0.540. The van der Waals surface area contributed by atoms with E-state index in [1.165, 1.54) is 37.0 Å². The molecule has 72 heavy (non-hydrogen) atoms. The highest BCUT2D eigenvalue weighted by molar-refractivity contribution is 9.24. The lowest BCUT2D eigenvalue weighted by atomic mass is 9.94. The van der Waals surface area contributed by atoms with E-state index in [4.69, 9.17) is 19.5 Å². The summed E-state index contributed by atoms with van der Waals surface area (Å²) < 4.78 is 17.0. The number of alkyl halides is 6. The fourth-order valence-electron chi connectivity index (χ4n) is 6.44. The second kappa shape index (κ2) is 54.0. The van der Waals surface area contributed by atoms with Gasteiger partial charge in [0.25, 0.3) is 0 Å². The van der Waals surface area contributed by atoms with Gasteiger partial charge in [-0.3, -0.25) is 9.59 Å². The molecule has 0 amide bonds. The lowest BCUT2D eigenvalue weighted by Crippen LogP contribution is -2.29. The van der Waals surface area contributed by atoms with Crippen molar-refractivity contribution in [3.05, 3.63) is 120 Å². The Hall–Kier alpha value is -1.82. The smallest absolute Gasteiger partial charge is 0.330 e. The number of carbonyl (C=O) groups excluding carboxylic acids is 3. The number of unbranched alkanes of at least 4 members (excludes halogenated alkanes) is 3. The fourth-order valence-corrected chi connectivity index (χ4v) is 9.00. The lowest BCUT2D eigenvalue weighted by Gasteiger charge is -2.23. The Morgan fingerprint density at radius 2 is 0.861 bits per heavy atom.